The maximum Gasteiger partial charge on any atom is 0.491 e. The van der Waals surface area contributed by atoms with E-state index in [0.717, 1.165) is 43.7 Å². The van der Waals surface area contributed by atoms with Crippen molar-refractivity contribution in [2.24, 2.45) is 0 Å². The van der Waals surface area contributed by atoms with Gasteiger partial charge in [-0.05, 0) is 44.2 Å². The van der Waals surface area contributed by atoms with Crippen LogP contribution in [0.3, 0.4) is 0 Å². The molecule has 1 aliphatic rings. The molecule has 36 heavy (non-hydrogen) atoms. The second kappa shape index (κ2) is 11.1. The Bertz CT molecular complexity index is 1230. The largest absolute Gasteiger partial charge is 0.491 e. The summed E-state index contributed by atoms with van der Waals surface area (Å²) in [7, 11) is 0. The number of ether oxygens (including phenoxy) is 1. The maximum absolute atomic E-state index is 12.4. The number of esters is 2. The van der Waals surface area contributed by atoms with Gasteiger partial charge in [0, 0.05) is 42.1 Å². The quantitative estimate of drug-likeness (QED) is 0.326. The Labute approximate surface area is 208 Å². The number of aromatic nitrogens is 4. The Morgan fingerprint density at radius 2 is 2.08 bits per heavy atom. The van der Waals surface area contributed by atoms with Gasteiger partial charge in [-0.2, -0.15) is 18.2 Å². The third-order valence-corrected chi connectivity index (χ3v) is 6.68. The molecule has 0 fully saturated rings. The summed E-state index contributed by atoms with van der Waals surface area (Å²) in [5.41, 5.74) is 2.20. The minimum Gasteiger partial charge on any atom is -0.386 e. The van der Waals surface area contributed by atoms with Crippen LogP contribution in [0.25, 0.3) is 0 Å². The van der Waals surface area contributed by atoms with Gasteiger partial charge in [0.25, 0.3) is 0 Å². The number of nitrogens with one attached hydrogen (secondary N) is 1. The van der Waals surface area contributed by atoms with Crippen LogP contribution in [0, 0.1) is 6.92 Å². The van der Waals surface area contributed by atoms with Crippen molar-refractivity contribution in [1.29, 1.82) is 0 Å². The van der Waals surface area contributed by atoms with Crippen LogP contribution in [0.4, 0.5) is 19.0 Å². The molecule has 192 valence electrons. The monoisotopic (exact) mass is 523 g/mol. The van der Waals surface area contributed by atoms with Crippen molar-refractivity contribution in [3.8, 4) is 0 Å². The van der Waals surface area contributed by atoms with E-state index in [-0.39, 0.29) is 12.3 Å². The number of carbonyl (C=O) groups is 2. The summed E-state index contributed by atoms with van der Waals surface area (Å²) >= 11 is 1.28. The highest BCUT2D eigenvalue weighted by Gasteiger charge is 2.42. The maximum atomic E-state index is 12.4. The fraction of sp³-hybridized carbons (Fsp3) is 0.478. The summed E-state index contributed by atoms with van der Waals surface area (Å²) in [4.78, 5) is 36.8. The van der Waals surface area contributed by atoms with Gasteiger partial charge < -0.3 is 14.6 Å². The molecule has 0 bridgehead atoms. The van der Waals surface area contributed by atoms with Gasteiger partial charge in [0.15, 0.2) is 5.82 Å². The van der Waals surface area contributed by atoms with Gasteiger partial charge in [0.2, 0.25) is 5.89 Å². The molecule has 4 heterocycles. The number of hydrogen-bond donors (Lipinski definition) is 1. The Kier molecular flexibility index (Phi) is 7.97. The molecule has 1 N–H and O–H groups in total. The average Bonchev–Trinajstić information content (AvgIpc) is 3.46. The number of thiazole rings is 1. The molecule has 1 aliphatic heterocycles. The molecule has 9 nitrogen and oxygen atoms in total. The second-order valence-electron chi connectivity index (χ2n) is 8.44. The Balaban J connectivity index is 1.34. The zero-order valence-corrected chi connectivity index (χ0v) is 20.2. The molecule has 0 saturated carbocycles. The van der Waals surface area contributed by atoms with Crippen LogP contribution in [0.5, 0.6) is 0 Å². The van der Waals surface area contributed by atoms with Gasteiger partial charge >= 0.3 is 18.1 Å². The lowest BCUT2D eigenvalue weighted by Crippen LogP contribution is -2.28. The number of pyridine rings is 1. The highest BCUT2D eigenvalue weighted by atomic mass is 32.1. The molecule has 1 unspecified atom stereocenters. The highest BCUT2D eigenvalue weighted by molar-refractivity contribution is 7.11. The number of carbonyl (C=O) groups excluding carboxylic acids is 2. The number of aryl methyl sites for hydroxylation is 4. The molecule has 13 heteroatoms. The second-order valence-corrected chi connectivity index (χ2v) is 9.71. The van der Waals surface area contributed by atoms with Crippen molar-refractivity contribution in [3.63, 3.8) is 0 Å². The van der Waals surface area contributed by atoms with E-state index in [0.29, 0.717) is 22.1 Å². The summed E-state index contributed by atoms with van der Waals surface area (Å²) in [6.07, 6.45) is 0.0440. The van der Waals surface area contributed by atoms with Gasteiger partial charge in [0.1, 0.15) is 5.82 Å². The van der Waals surface area contributed by atoms with E-state index in [1.807, 2.05) is 6.07 Å². The molecule has 3 aromatic rings. The Hall–Kier alpha value is -3.35. The zero-order chi connectivity index (χ0) is 25.7. The summed E-state index contributed by atoms with van der Waals surface area (Å²) in [5.74, 6) is -2.82. The number of nitrogens with zero attached hydrogens (tertiary/aromatic N) is 4. The Morgan fingerprint density at radius 1 is 1.25 bits per heavy atom. The first-order valence-electron chi connectivity index (χ1n) is 11.5. The van der Waals surface area contributed by atoms with Crippen molar-refractivity contribution in [2.75, 3.05) is 11.9 Å². The smallest absolute Gasteiger partial charge is 0.386 e. The van der Waals surface area contributed by atoms with Crippen molar-refractivity contribution in [2.45, 2.75) is 64.0 Å². The highest BCUT2D eigenvalue weighted by Crippen LogP contribution is 2.30. The Morgan fingerprint density at radius 3 is 2.83 bits per heavy atom. The molecule has 0 saturated heterocycles. The van der Waals surface area contributed by atoms with Crippen LogP contribution < -0.4 is 5.32 Å². The molecule has 0 amide bonds. The van der Waals surface area contributed by atoms with Gasteiger partial charge in [-0.1, -0.05) is 11.2 Å². The van der Waals surface area contributed by atoms with E-state index in [4.69, 9.17) is 4.52 Å². The molecule has 4 rings (SSSR count). The fourth-order valence-electron chi connectivity index (χ4n) is 3.87. The number of fused-ring (bicyclic) bond motifs is 1. The predicted octanol–water partition coefficient (Wildman–Crippen LogP) is 4.11. The van der Waals surface area contributed by atoms with Crippen molar-refractivity contribution >= 4 is 29.1 Å². The molecular weight excluding hydrogens is 499 g/mol. The predicted molar refractivity (Wildman–Crippen MR) is 122 cm³/mol. The minimum absolute atomic E-state index is 0.0853. The van der Waals surface area contributed by atoms with Crippen LogP contribution in [0.2, 0.25) is 0 Å². The first-order valence-corrected chi connectivity index (χ1v) is 12.3. The third-order valence-electron chi connectivity index (χ3n) is 5.61. The van der Waals surface area contributed by atoms with Gasteiger partial charge in [0.05, 0.1) is 11.4 Å². The average molecular weight is 524 g/mol. The molecule has 0 aromatic carbocycles. The fourth-order valence-corrected chi connectivity index (χ4v) is 4.75. The normalized spacial score (nSPS) is 14.1. The lowest BCUT2D eigenvalue weighted by Gasteiger charge is -2.17. The van der Waals surface area contributed by atoms with E-state index in [1.165, 1.54) is 23.1 Å². The molecular formula is C23H24F3N5O4S. The van der Waals surface area contributed by atoms with Crippen LogP contribution >= 0.6 is 11.3 Å². The van der Waals surface area contributed by atoms with E-state index >= 15 is 0 Å². The lowest BCUT2D eigenvalue weighted by atomic mass is 10.00. The summed E-state index contributed by atoms with van der Waals surface area (Å²) in [6.45, 7) is 2.68. The molecule has 0 radical (unpaired) electrons. The molecule has 3 aromatic heterocycles. The van der Waals surface area contributed by atoms with Crippen LogP contribution in [0.15, 0.2) is 22.9 Å². The number of alkyl halides is 3. The SMILES string of the molecule is Cc1ncc(C(CC(=O)OC(=O)C(F)(F)F)Cc2nc(CCCc3ccc4c(n3)NCCC4)no2)s1. The topological polar surface area (TPSA) is 120 Å². The number of rotatable bonds is 9. The molecule has 0 aliphatic carbocycles. The van der Waals surface area contributed by atoms with Gasteiger partial charge in [-0.3, -0.25) is 4.79 Å². The van der Waals surface area contributed by atoms with Crippen molar-refractivity contribution in [3.05, 3.63) is 51.2 Å². The summed E-state index contributed by atoms with van der Waals surface area (Å²) in [5, 5.41) is 8.01. The standard InChI is InChI=1S/C23H24F3N5O4S/c1-13-28-12-17(36-13)15(11-20(32)34-22(33)23(24,25)26)10-19-30-18(31-35-19)6-2-5-16-8-7-14-4-3-9-27-21(14)29-16/h7-8,12,15H,2-6,9-11H2,1H3,(H,27,29). The van der Waals surface area contributed by atoms with E-state index < -0.39 is 30.5 Å². The summed E-state index contributed by atoms with van der Waals surface area (Å²) in [6, 6.07) is 4.13. The lowest BCUT2D eigenvalue weighted by molar-refractivity contribution is -0.202. The molecule has 0 spiro atoms. The van der Waals surface area contributed by atoms with Crippen molar-refractivity contribution in [1.82, 2.24) is 20.1 Å². The van der Waals surface area contributed by atoms with E-state index in [9.17, 15) is 22.8 Å². The van der Waals surface area contributed by atoms with Crippen LogP contribution in [-0.4, -0.2) is 44.8 Å². The van der Waals surface area contributed by atoms with Gasteiger partial charge in [-0.25, -0.2) is 14.8 Å². The summed E-state index contributed by atoms with van der Waals surface area (Å²) < 4.78 is 46.6. The van der Waals surface area contributed by atoms with Crippen LogP contribution in [0.1, 0.15) is 58.0 Å². The number of anilines is 1. The number of hydrogen-bond acceptors (Lipinski definition) is 10. The first kappa shape index (κ1) is 25.7. The van der Waals surface area contributed by atoms with Crippen molar-refractivity contribution < 1.29 is 32.0 Å². The third kappa shape index (κ3) is 6.86. The van der Waals surface area contributed by atoms with E-state index in [2.05, 4.69) is 36.2 Å². The van der Waals surface area contributed by atoms with Crippen LogP contribution in [-0.2, 0) is 40.0 Å². The number of halogens is 3. The van der Waals surface area contributed by atoms with Gasteiger partial charge in [-0.15, -0.1) is 11.3 Å². The van der Waals surface area contributed by atoms with E-state index in [1.54, 1.807) is 6.92 Å². The molecule has 1 atom stereocenters. The first-order chi connectivity index (χ1) is 17.2. The zero-order valence-electron chi connectivity index (χ0n) is 19.4. The minimum atomic E-state index is -5.25.